The van der Waals surface area contributed by atoms with Crippen LogP contribution in [-0.4, -0.2) is 11.5 Å². The van der Waals surface area contributed by atoms with Crippen molar-refractivity contribution in [3.05, 3.63) is 29.6 Å². The number of hydrogen-bond donors (Lipinski definition) is 1. The predicted octanol–water partition coefficient (Wildman–Crippen LogP) is 2.92. The van der Waals surface area contributed by atoms with E-state index in [1.165, 1.54) is 6.07 Å². The Bertz CT molecular complexity index is 339. The summed E-state index contributed by atoms with van der Waals surface area (Å²) in [6.07, 6.45) is -0.229. The molecule has 1 atom stereocenters. The Labute approximate surface area is 91.9 Å². The van der Waals surface area contributed by atoms with Gasteiger partial charge in [0.15, 0.2) is 0 Å². The number of nitrogens with zero attached hydrogens (tertiary/aromatic N) is 1. The summed E-state index contributed by atoms with van der Waals surface area (Å²) in [5.41, 5.74) is 0.0137. The second-order valence-corrected chi connectivity index (χ2v) is 3.97. The third-order valence-corrected chi connectivity index (χ3v) is 2.78. The normalized spacial score (nSPS) is 22.1. The van der Waals surface area contributed by atoms with Crippen LogP contribution in [0.5, 0.6) is 0 Å². The number of pyridine rings is 1. The molecule has 1 aromatic heterocycles. The SMILES string of the molecule is FC(F)(F)c1ccc([C@@H]2CCCCN2)nc1. The summed E-state index contributed by atoms with van der Waals surface area (Å²) < 4.78 is 36.9. The molecule has 1 aliphatic rings. The van der Waals surface area contributed by atoms with Crippen molar-refractivity contribution in [2.45, 2.75) is 31.5 Å². The molecule has 2 nitrogen and oxygen atoms in total. The van der Waals surface area contributed by atoms with Crippen LogP contribution >= 0.6 is 0 Å². The Morgan fingerprint density at radius 2 is 2.06 bits per heavy atom. The van der Waals surface area contributed by atoms with Crippen LogP contribution in [0.25, 0.3) is 0 Å². The van der Waals surface area contributed by atoms with E-state index >= 15 is 0 Å². The summed E-state index contributed by atoms with van der Waals surface area (Å²) in [5.74, 6) is 0. The molecule has 0 amide bonds. The third-order valence-electron chi connectivity index (χ3n) is 2.78. The van der Waals surface area contributed by atoms with Crippen LogP contribution in [0.1, 0.15) is 36.6 Å². The average Bonchev–Trinajstić information content (AvgIpc) is 2.29. The minimum absolute atomic E-state index is 0.107. The van der Waals surface area contributed by atoms with Crippen LogP contribution in [0.4, 0.5) is 13.2 Å². The molecule has 0 aliphatic carbocycles. The lowest BCUT2D eigenvalue weighted by molar-refractivity contribution is -0.137. The van der Waals surface area contributed by atoms with Crippen molar-refractivity contribution in [3.8, 4) is 0 Å². The second kappa shape index (κ2) is 4.41. The largest absolute Gasteiger partial charge is 0.417 e. The number of piperidine rings is 1. The van der Waals surface area contributed by atoms with E-state index in [0.29, 0.717) is 5.69 Å². The molecule has 88 valence electrons. The van der Waals surface area contributed by atoms with Gasteiger partial charge in [-0.2, -0.15) is 13.2 Å². The highest BCUT2D eigenvalue weighted by molar-refractivity contribution is 5.19. The lowest BCUT2D eigenvalue weighted by Crippen LogP contribution is -2.27. The molecule has 1 saturated heterocycles. The molecule has 2 heterocycles. The fourth-order valence-electron chi connectivity index (χ4n) is 1.88. The van der Waals surface area contributed by atoms with E-state index in [1.807, 2.05) is 0 Å². The van der Waals surface area contributed by atoms with Crippen molar-refractivity contribution in [3.63, 3.8) is 0 Å². The van der Waals surface area contributed by atoms with Gasteiger partial charge in [0.05, 0.1) is 11.3 Å². The lowest BCUT2D eigenvalue weighted by atomic mass is 10.0. The molecule has 0 radical (unpaired) electrons. The third kappa shape index (κ3) is 2.52. The maximum absolute atomic E-state index is 12.3. The molecular weight excluding hydrogens is 217 g/mol. The van der Waals surface area contributed by atoms with Gasteiger partial charge < -0.3 is 5.32 Å². The molecule has 0 bridgehead atoms. The van der Waals surface area contributed by atoms with Crippen molar-refractivity contribution in [2.75, 3.05) is 6.54 Å². The van der Waals surface area contributed by atoms with Crippen molar-refractivity contribution in [2.24, 2.45) is 0 Å². The number of hydrogen-bond acceptors (Lipinski definition) is 2. The number of nitrogens with one attached hydrogen (secondary N) is 1. The number of rotatable bonds is 1. The summed E-state index contributed by atoms with van der Waals surface area (Å²) in [7, 11) is 0. The number of aromatic nitrogens is 1. The Balaban J connectivity index is 2.12. The Morgan fingerprint density at radius 1 is 1.25 bits per heavy atom. The molecule has 0 aromatic carbocycles. The zero-order valence-corrected chi connectivity index (χ0v) is 8.72. The highest BCUT2D eigenvalue weighted by Gasteiger charge is 2.31. The van der Waals surface area contributed by atoms with Gasteiger partial charge in [0.2, 0.25) is 0 Å². The fourth-order valence-corrected chi connectivity index (χ4v) is 1.88. The second-order valence-electron chi connectivity index (χ2n) is 3.97. The minimum atomic E-state index is -4.30. The van der Waals surface area contributed by atoms with E-state index in [9.17, 15) is 13.2 Å². The predicted molar refractivity (Wildman–Crippen MR) is 53.8 cm³/mol. The van der Waals surface area contributed by atoms with Crippen LogP contribution in [0, 0.1) is 0 Å². The number of halogens is 3. The van der Waals surface area contributed by atoms with Gasteiger partial charge in [-0.05, 0) is 31.5 Å². The Morgan fingerprint density at radius 3 is 2.56 bits per heavy atom. The van der Waals surface area contributed by atoms with E-state index in [0.717, 1.165) is 38.1 Å². The quantitative estimate of drug-likeness (QED) is 0.802. The smallest absolute Gasteiger partial charge is 0.309 e. The first kappa shape index (κ1) is 11.4. The maximum atomic E-state index is 12.3. The molecule has 1 N–H and O–H groups in total. The van der Waals surface area contributed by atoms with E-state index in [1.54, 1.807) is 0 Å². The zero-order valence-electron chi connectivity index (χ0n) is 8.72. The van der Waals surface area contributed by atoms with Gasteiger partial charge in [0.1, 0.15) is 0 Å². The van der Waals surface area contributed by atoms with E-state index < -0.39 is 11.7 Å². The maximum Gasteiger partial charge on any atom is 0.417 e. The molecule has 1 aliphatic heterocycles. The van der Waals surface area contributed by atoms with E-state index in [4.69, 9.17) is 0 Å². The highest BCUT2D eigenvalue weighted by Crippen LogP contribution is 2.29. The number of alkyl halides is 3. The van der Waals surface area contributed by atoms with Gasteiger partial charge in [-0.3, -0.25) is 4.98 Å². The van der Waals surface area contributed by atoms with Crippen LogP contribution in [0.15, 0.2) is 18.3 Å². The Kier molecular flexibility index (Phi) is 3.14. The summed E-state index contributed by atoms with van der Waals surface area (Å²) in [4.78, 5) is 3.89. The van der Waals surface area contributed by atoms with Crippen LogP contribution in [0.2, 0.25) is 0 Å². The molecule has 5 heteroatoms. The highest BCUT2D eigenvalue weighted by atomic mass is 19.4. The topological polar surface area (TPSA) is 24.9 Å². The lowest BCUT2D eigenvalue weighted by Gasteiger charge is -2.23. The van der Waals surface area contributed by atoms with Crippen LogP contribution < -0.4 is 5.32 Å². The molecule has 0 saturated carbocycles. The van der Waals surface area contributed by atoms with Crippen LogP contribution in [0.3, 0.4) is 0 Å². The van der Waals surface area contributed by atoms with E-state index in [-0.39, 0.29) is 6.04 Å². The molecule has 0 spiro atoms. The monoisotopic (exact) mass is 230 g/mol. The first-order chi connectivity index (χ1) is 7.57. The zero-order chi connectivity index (χ0) is 11.6. The van der Waals surface area contributed by atoms with Crippen molar-refractivity contribution in [1.29, 1.82) is 0 Å². The van der Waals surface area contributed by atoms with E-state index in [2.05, 4.69) is 10.3 Å². The molecule has 16 heavy (non-hydrogen) atoms. The van der Waals surface area contributed by atoms with Gasteiger partial charge in [0.25, 0.3) is 0 Å². The molecular formula is C11H13F3N2. The van der Waals surface area contributed by atoms with Gasteiger partial charge in [0, 0.05) is 12.2 Å². The van der Waals surface area contributed by atoms with Gasteiger partial charge in [-0.15, -0.1) is 0 Å². The summed E-state index contributed by atoms with van der Waals surface area (Å²) in [6, 6.07) is 2.67. The van der Waals surface area contributed by atoms with Gasteiger partial charge >= 0.3 is 6.18 Å². The van der Waals surface area contributed by atoms with Gasteiger partial charge in [-0.25, -0.2) is 0 Å². The van der Waals surface area contributed by atoms with Gasteiger partial charge in [-0.1, -0.05) is 6.42 Å². The molecule has 1 aromatic rings. The van der Waals surface area contributed by atoms with Crippen molar-refractivity contribution in [1.82, 2.24) is 10.3 Å². The fraction of sp³-hybridized carbons (Fsp3) is 0.545. The average molecular weight is 230 g/mol. The van der Waals surface area contributed by atoms with Crippen molar-refractivity contribution >= 4 is 0 Å². The minimum Gasteiger partial charge on any atom is -0.309 e. The first-order valence-electron chi connectivity index (χ1n) is 5.34. The first-order valence-corrected chi connectivity index (χ1v) is 5.34. The molecule has 1 fully saturated rings. The molecule has 2 rings (SSSR count). The standard InChI is InChI=1S/C11H13F3N2/c12-11(13,14)8-4-5-10(16-7-8)9-3-1-2-6-15-9/h4-5,7,9,15H,1-3,6H2/t9-/m0/s1. The van der Waals surface area contributed by atoms with Crippen LogP contribution in [-0.2, 0) is 6.18 Å². The Hall–Kier alpha value is -1.10. The summed E-state index contributed by atoms with van der Waals surface area (Å²) in [5, 5.41) is 3.25. The summed E-state index contributed by atoms with van der Waals surface area (Å²) >= 11 is 0. The molecule has 0 unspecified atom stereocenters. The summed E-state index contributed by atoms with van der Waals surface area (Å²) in [6.45, 7) is 0.910. The van der Waals surface area contributed by atoms with Crippen molar-refractivity contribution < 1.29 is 13.2 Å².